The Hall–Kier alpha value is -0.500. The van der Waals surface area contributed by atoms with Crippen LogP contribution in [0.15, 0.2) is 0 Å². The van der Waals surface area contributed by atoms with E-state index in [2.05, 4.69) is 0 Å². The number of methoxy groups -OCH3 is 1. The summed E-state index contributed by atoms with van der Waals surface area (Å²) in [6.07, 6.45) is 5.87. The van der Waals surface area contributed by atoms with E-state index in [1.807, 2.05) is 6.92 Å². The van der Waals surface area contributed by atoms with E-state index in [4.69, 9.17) is 13.7 Å². The van der Waals surface area contributed by atoms with E-state index in [0.717, 1.165) is 31.9 Å². The van der Waals surface area contributed by atoms with E-state index in [1.165, 1.54) is 0 Å². The first-order valence-electron chi connectivity index (χ1n) is 8.26. The number of ether oxygens (including phenoxy) is 2. The highest BCUT2D eigenvalue weighted by Gasteiger charge is 2.52. The Morgan fingerprint density at radius 3 is 2.70 bits per heavy atom. The number of carbonyl (C=O) groups is 1. The molecule has 0 amide bonds. The number of Topliss-reactive ketones (excluding diaryl/α,β-unsaturated/α-hetero) is 1. The summed E-state index contributed by atoms with van der Waals surface area (Å²) in [7, 11) is -1.87. The lowest BCUT2D eigenvalue weighted by atomic mass is 9.54. The molecule has 0 heterocycles. The van der Waals surface area contributed by atoms with Crippen molar-refractivity contribution in [3.8, 4) is 0 Å². The Morgan fingerprint density at radius 2 is 2.04 bits per heavy atom. The first-order valence-corrected chi connectivity index (χ1v) is 10.1. The molecular formula is C16H28O6S. The number of ketones is 1. The Morgan fingerprint density at radius 1 is 1.30 bits per heavy atom. The average Bonchev–Trinajstić information content (AvgIpc) is 2.45. The molecule has 2 fully saturated rings. The quantitative estimate of drug-likeness (QED) is 0.518. The van der Waals surface area contributed by atoms with Crippen molar-refractivity contribution >= 4 is 15.9 Å². The summed E-state index contributed by atoms with van der Waals surface area (Å²) in [5.41, 5.74) is -0.200. The van der Waals surface area contributed by atoms with Crippen molar-refractivity contribution in [1.82, 2.24) is 0 Å². The third-order valence-corrected chi connectivity index (χ3v) is 6.00. The standard InChI is InChI=1S/C16H28O6S/c1-12-10-16(7-8-22-23(3,18)19)13(9-14(12)17)5-4-6-15(16)21-11-20-2/h12-13,15H,4-11H2,1-3H3/t12-,13+,15-,16-/m0/s1. The van der Waals surface area contributed by atoms with Crippen molar-refractivity contribution in [3.63, 3.8) is 0 Å². The van der Waals surface area contributed by atoms with Gasteiger partial charge in [-0.2, -0.15) is 8.42 Å². The smallest absolute Gasteiger partial charge is 0.264 e. The fraction of sp³-hybridized carbons (Fsp3) is 0.938. The van der Waals surface area contributed by atoms with Gasteiger partial charge in [-0.25, -0.2) is 0 Å². The van der Waals surface area contributed by atoms with Crippen LogP contribution in [0.4, 0.5) is 0 Å². The minimum atomic E-state index is -3.46. The van der Waals surface area contributed by atoms with Crippen LogP contribution in [-0.2, 0) is 28.6 Å². The molecule has 0 spiro atoms. The van der Waals surface area contributed by atoms with Crippen LogP contribution in [0.5, 0.6) is 0 Å². The molecule has 0 saturated heterocycles. The molecule has 0 aromatic carbocycles. The molecule has 0 bridgehead atoms. The van der Waals surface area contributed by atoms with Crippen molar-refractivity contribution in [2.75, 3.05) is 26.8 Å². The molecule has 0 aromatic rings. The summed E-state index contributed by atoms with van der Waals surface area (Å²) < 4.78 is 38.5. The molecule has 2 rings (SSSR count). The van der Waals surface area contributed by atoms with Crippen LogP contribution in [0.25, 0.3) is 0 Å². The lowest BCUT2D eigenvalue weighted by Gasteiger charge is -2.53. The minimum absolute atomic E-state index is 0.0140. The first-order chi connectivity index (χ1) is 10.8. The average molecular weight is 348 g/mol. The van der Waals surface area contributed by atoms with Crippen LogP contribution in [0, 0.1) is 17.3 Å². The molecule has 6 nitrogen and oxygen atoms in total. The highest BCUT2D eigenvalue weighted by molar-refractivity contribution is 7.85. The molecule has 0 N–H and O–H groups in total. The highest BCUT2D eigenvalue weighted by atomic mass is 32.2. The SMILES string of the molecule is COCO[C@H]1CCC[C@@H]2CC(=O)[C@@H](C)C[C@@]21CCOS(C)(=O)=O. The molecule has 2 aliphatic carbocycles. The number of hydrogen-bond acceptors (Lipinski definition) is 6. The van der Waals surface area contributed by atoms with Gasteiger partial charge in [0.2, 0.25) is 0 Å². The normalized spacial score (nSPS) is 35.1. The second-order valence-corrected chi connectivity index (χ2v) is 8.62. The minimum Gasteiger partial charge on any atom is -0.359 e. The predicted octanol–water partition coefficient (Wildman–Crippen LogP) is 2.13. The fourth-order valence-corrected chi connectivity index (χ4v) is 4.75. The summed E-state index contributed by atoms with van der Waals surface area (Å²) in [6, 6.07) is 0. The largest absolute Gasteiger partial charge is 0.359 e. The molecule has 2 aliphatic rings. The van der Waals surface area contributed by atoms with Crippen LogP contribution in [-0.4, -0.2) is 47.1 Å². The maximum absolute atomic E-state index is 12.2. The topological polar surface area (TPSA) is 78.9 Å². The van der Waals surface area contributed by atoms with Gasteiger partial charge < -0.3 is 9.47 Å². The molecule has 7 heteroatoms. The molecule has 4 atom stereocenters. The molecule has 0 aliphatic heterocycles. The Kier molecular flexibility index (Phi) is 6.22. The van der Waals surface area contributed by atoms with Gasteiger partial charge in [0.1, 0.15) is 12.6 Å². The molecule has 0 unspecified atom stereocenters. The van der Waals surface area contributed by atoms with E-state index >= 15 is 0 Å². The summed E-state index contributed by atoms with van der Waals surface area (Å²) in [5.74, 6) is 0.531. The molecule has 0 radical (unpaired) electrons. The van der Waals surface area contributed by atoms with Crippen LogP contribution in [0.3, 0.4) is 0 Å². The third-order valence-electron chi connectivity index (χ3n) is 5.41. The molecule has 0 aromatic heterocycles. The van der Waals surface area contributed by atoms with E-state index in [0.29, 0.717) is 18.6 Å². The monoisotopic (exact) mass is 348 g/mol. The number of fused-ring (bicyclic) bond motifs is 1. The molecular weight excluding hydrogens is 320 g/mol. The van der Waals surface area contributed by atoms with Gasteiger partial charge in [-0.3, -0.25) is 8.98 Å². The van der Waals surface area contributed by atoms with Crippen molar-refractivity contribution in [2.24, 2.45) is 17.3 Å². The number of carbonyl (C=O) groups excluding carboxylic acids is 1. The van der Waals surface area contributed by atoms with E-state index < -0.39 is 10.1 Å². The second-order valence-electron chi connectivity index (χ2n) is 6.97. The molecule has 134 valence electrons. The van der Waals surface area contributed by atoms with Crippen molar-refractivity contribution in [2.45, 2.75) is 51.6 Å². The zero-order chi connectivity index (χ0) is 17.1. The Labute approximate surface area is 139 Å². The van der Waals surface area contributed by atoms with Gasteiger partial charge in [0, 0.05) is 24.9 Å². The van der Waals surface area contributed by atoms with Gasteiger partial charge in [-0.1, -0.05) is 13.3 Å². The third kappa shape index (κ3) is 4.53. The van der Waals surface area contributed by atoms with E-state index in [-0.39, 0.29) is 36.8 Å². The summed E-state index contributed by atoms with van der Waals surface area (Å²) in [4.78, 5) is 12.2. The second kappa shape index (κ2) is 7.59. The first kappa shape index (κ1) is 18.8. The van der Waals surface area contributed by atoms with Gasteiger partial charge in [0.15, 0.2) is 0 Å². The molecule has 2 saturated carbocycles. The lowest BCUT2D eigenvalue weighted by molar-refractivity contribution is -0.175. The Bertz CT molecular complexity index is 517. The van der Waals surface area contributed by atoms with Crippen molar-refractivity contribution in [3.05, 3.63) is 0 Å². The van der Waals surface area contributed by atoms with Crippen LogP contribution in [0.2, 0.25) is 0 Å². The van der Waals surface area contributed by atoms with Crippen LogP contribution < -0.4 is 0 Å². The van der Waals surface area contributed by atoms with Crippen molar-refractivity contribution < 1.29 is 26.9 Å². The fourth-order valence-electron chi connectivity index (χ4n) is 4.37. The van der Waals surface area contributed by atoms with Crippen LogP contribution in [0.1, 0.15) is 45.4 Å². The maximum Gasteiger partial charge on any atom is 0.264 e. The van der Waals surface area contributed by atoms with Gasteiger partial charge in [0.25, 0.3) is 10.1 Å². The highest BCUT2D eigenvalue weighted by Crippen LogP contribution is 2.54. The summed E-state index contributed by atoms with van der Waals surface area (Å²) >= 11 is 0. The van der Waals surface area contributed by atoms with Crippen LogP contribution >= 0.6 is 0 Å². The zero-order valence-electron chi connectivity index (χ0n) is 14.2. The number of hydrogen-bond donors (Lipinski definition) is 0. The van der Waals surface area contributed by atoms with Gasteiger partial charge >= 0.3 is 0 Å². The van der Waals surface area contributed by atoms with Gasteiger partial charge in [-0.15, -0.1) is 0 Å². The number of rotatable bonds is 7. The summed E-state index contributed by atoms with van der Waals surface area (Å²) in [6.45, 7) is 2.32. The lowest BCUT2D eigenvalue weighted by Crippen LogP contribution is -2.52. The maximum atomic E-state index is 12.2. The van der Waals surface area contributed by atoms with E-state index in [9.17, 15) is 13.2 Å². The van der Waals surface area contributed by atoms with E-state index in [1.54, 1.807) is 7.11 Å². The van der Waals surface area contributed by atoms with Gasteiger partial charge in [-0.05, 0) is 31.6 Å². The van der Waals surface area contributed by atoms with Gasteiger partial charge in [0.05, 0.1) is 19.0 Å². The predicted molar refractivity (Wildman–Crippen MR) is 85.3 cm³/mol. The zero-order valence-corrected chi connectivity index (χ0v) is 15.1. The molecule has 23 heavy (non-hydrogen) atoms. The Balaban J connectivity index is 2.19. The van der Waals surface area contributed by atoms with Crippen molar-refractivity contribution in [1.29, 1.82) is 0 Å². The summed E-state index contributed by atoms with van der Waals surface area (Å²) in [5, 5.41) is 0.